The molecule has 2 aliphatic rings. The van der Waals surface area contributed by atoms with Crippen LogP contribution in [-0.2, 0) is 18.9 Å². The van der Waals surface area contributed by atoms with Crippen molar-refractivity contribution in [3.63, 3.8) is 0 Å². The minimum Gasteiger partial charge on any atom is -0.637 e. The van der Waals surface area contributed by atoms with Crippen LogP contribution in [0.1, 0.15) is 20.3 Å². The van der Waals surface area contributed by atoms with E-state index in [1.807, 2.05) is 0 Å². The lowest BCUT2D eigenvalue weighted by molar-refractivity contribution is -0.154. The van der Waals surface area contributed by atoms with E-state index >= 15 is 0 Å². The predicted octanol–water partition coefficient (Wildman–Crippen LogP) is -0.205. The molecule has 2 heterocycles. The Hall–Kier alpha value is -1.18. The fourth-order valence-electron chi connectivity index (χ4n) is 1.61. The van der Waals surface area contributed by atoms with E-state index in [-0.39, 0.29) is 11.6 Å². The van der Waals surface area contributed by atoms with Crippen molar-refractivity contribution in [2.24, 2.45) is 10.6 Å². The minimum atomic E-state index is -2.32. The lowest BCUT2D eigenvalue weighted by atomic mass is 9.59. The number of carbonyl (C=O) groups excluding carboxylic acids is 2. The summed E-state index contributed by atoms with van der Waals surface area (Å²) in [6.45, 7) is 1.22. The van der Waals surface area contributed by atoms with Crippen LogP contribution in [0.4, 0.5) is 0 Å². The molecule has 0 bridgehead atoms. The Balaban J connectivity index is 2.40. The number of carbonyl (C=O) groups is 2. The van der Waals surface area contributed by atoms with Crippen LogP contribution in [0.25, 0.3) is 0 Å². The maximum absolute atomic E-state index is 11.2. The van der Waals surface area contributed by atoms with Crippen LogP contribution in [0.2, 0.25) is 0 Å². The van der Waals surface area contributed by atoms with Gasteiger partial charge in [-0.25, -0.2) is 0 Å². The van der Waals surface area contributed by atoms with Crippen molar-refractivity contribution in [1.29, 1.82) is 0 Å². The van der Waals surface area contributed by atoms with Gasteiger partial charge in [-0.1, -0.05) is 13.8 Å². The number of nitrogens with zero attached hydrogens (tertiary/aromatic N) is 1. The summed E-state index contributed by atoms with van der Waals surface area (Å²) in [7, 11) is 0. The van der Waals surface area contributed by atoms with Gasteiger partial charge in [-0.05, 0) is 4.65 Å². The third-order valence-corrected chi connectivity index (χ3v) is 3.55. The molecule has 0 atom stereocenters. The quantitative estimate of drug-likeness (QED) is 0.456. The molecule has 0 aromatic rings. The van der Waals surface area contributed by atoms with Crippen molar-refractivity contribution >= 4 is 35.6 Å². The summed E-state index contributed by atoms with van der Waals surface area (Å²) in [5.41, 5.74) is 5.55. The highest BCUT2D eigenvalue weighted by Gasteiger charge is 2.56. The minimum absolute atomic E-state index is 0.266. The standard InChI is InChI=1S/C7H10BN2O4S/c1-7(2)8(10-6(9)15-7)13-4(11)3-5(12)14-8/h3H2,1-2H3,(H2,9,10)/q-1. The van der Waals surface area contributed by atoms with E-state index < -0.39 is 23.3 Å². The van der Waals surface area contributed by atoms with E-state index in [0.29, 0.717) is 0 Å². The average molecular weight is 229 g/mol. The fraction of sp³-hybridized carbons (Fsp3) is 0.571. The fourth-order valence-corrected chi connectivity index (χ4v) is 2.64. The van der Waals surface area contributed by atoms with Gasteiger partial charge in [0.15, 0.2) is 0 Å². The van der Waals surface area contributed by atoms with Crippen LogP contribution >= 0.6 is 11.8 Å². The Bertz CT molecular complexity index is 365. The van der Waals surface area contributed by atoms with Gasteiger partial charge >= 0.3 is 6.69 Å². The van der Waals surface area contributed by atoms with Gasteiger partial charge in [0.2, 0.25) is 0 Å². The van der Waals surface area contributed by atoms with Gasteiger partial charge in [0, 0.05) is 0 Å². The normalized spacial score (nSPS) is 27.2. The number of rotatable bonds is 0. The molecule has 2 N–H and O–H groups in total. The van der Waals surface area contributed by atoms with Crippen LogP contribution in [0, 0.1) is 0 Å². The van der Waals surface area contributed by atoms with Crippen molar-refractivity contribution < 1.29 is 18.9 Å². The largest absolute Gasteiger partial charge is 0.637 e. The van der Waals surface area contributed by atoms with Crippen molar-refractivity contribution in [2.45, 2.75) is 24.9 Å². The van der Waals surface area contributed by atoms with Crippen molar-refractivity contribution in [3.8, 4) is 0 Å². The van der Waals surface area contributed by atoms with E-state index in [2.05, 4.69) is 4.90 Å². The molecule has 82 valence electrons. The Morgan fingerprint density at radius 3 is 2.33 bits per heavy atom. The molecule has 0 radical (unpaired) electrons. The van der Waals surface area contributed by atoms with Crippen LogP contribution in [0.5, 0.6) is 0 Å². The first-order chi connectivity index (χ1) is 6.85. The summed E-state index contributed by atoms with van der Waals surface area (Å²) in [5.74, 6) is -1.23. The summed E-state index contributed by atoms with van der Waals surface area (Å²) < 4.78 is 9.52. The molecular formula is C7H10BN2O4S-. The number of nitrogens with two attached hydrogens (primary N) is 1. The molecule has 0 aromatic carbocycles. The molecule has 2 aliphatic heterocycles. The van der Waals surface area contributed by atoms with Gasteiger partial charge in [0.25, 0.3) is 11.9 Å². The van der Waals surface area contributed by atoms with Crippen LogP contribution in [-0.4, -0.2) is 28.4 Å². The molecule has 15 heavy (non-hydrogen) atoms. The summed E-state index contributed by atoms with van der Waals surface area (Å²) in [4.78, 5) is 26.4. The maximum atomic E-state index is 11.2. The van der Waals surface area contributed by atoms with Gasteiger partial charge in [-0.2, -0.15) is 0 Å². The second-order valence-electron chi connectivity index (χ2n) is 4.00. The van der Waals surface area contributed by atoms with Crippen molar-refractivity contribution in [2.75, 3.05) is 0 Å². The monoisotopic (exact) mass is 229 g/mol. The van der Waals surface area contributed by atoms with Crippen LogP contribution < -0.4 is 5.73 Å². The Morgan fingerprint density at radius 1 is 1.40 bits per heavy atom. The smallest absolute Gasteiger partial charge is 0.492 e. The highest BCUT2D eigenvalue weighted by molar-refractivity contribution is 8.17. The molecule has 2 rings (SSSR count). The SMILES string of the molecule is CC1(C)SC(N)=N[B-]12OC(=O)CC(=O)O2. The Morgan fingerprint density at radius 2 is 1.93 bits per heavy atom. The summed E-state index contributed by atoms with van der Waals surface area (Å²) in [6.07, 6.45) is -0.361. The first kappa shape index (κ1) is 10.3. The molecule has 1 spiro atoms. The van der Waals surface area contributed by atoms with Gasteiger partial charge in [-0.3, -0.25) is 9.59 Å². The number of amidine groups is 1. The van der Waals surface area contributed by atoms with E-state index in [0.717, 1.165) is 0 Å². The second kappa shape index (κ2) is 2.91. The zero-order valence-electron chi connectivity index (χ0n) is 8.35. The predicted molar refractivity (Wildman–Crippen MR) is 55.8 cm³/mol. The van der Waals surface area contributed by atoms with Gasteiger partial charge in [-0.15, -0.1) is 11.8 Å². The molecule has 0 aromatic heterocycles. The zero-order valence-corrected chi connectivity index (χ0v) is 9.17. The van der Waals surface area contributed by atoms with Crippen LogP contribution in [0.15, 0.2) is 4.90 Å². The highest BCUT2D eigenvalue weighted by Crippen LogP contribution is 2.43. The lowest BCUT2D eigenvalue weighted by Gasteiger charge is -2.45. The lowest BCUT2D eigenvalue weighted by Crippen LogP contribution is -2.59. The van der Waals surface area contributed by atoms with E-state index in [1.165, 1.54) is 11.8 Å². The third-order valence-electron chi connectivity index (χ3n) is 2.41. The first-order valence-electron chi connectivity index (χ1n) is 4.46. The third kappa shape index (κ3) is 1.48. The highest BCUT2D eigenvalue weighted by atomic mass is 32.2. The van der Waals surface area contributed by atoms with Crippen molar-refractivity contribution in [3.05, 3.63) is 0 Å². The number of hydrogen-bond acceptors (Lipinski definition) is 7. The maximum Gasteiger partial charge on any atom is 0.492 e. The first-order valence-corrected chi connectivity index (χ1v) is 5.28. The zero-order chi connectivity index (χ0) is 11.3. The summed E-state index contributed by atoms with van der Waals surface area (Å²) >= 11 is 1.23. The molecule has 6 nitrogen and oxygen atoms in total. The van der Waals surface area contributed by atoms with E-state index in [4.69, 9.17) is 15.0 Å². The molecule has 0 aliphatic carbocycles. The second-order valence-corrected chi connectivity index (χ2v) is 5.68. The molecular weight excluding hydrogens is 219 g/mol. The van der Waals surface area contributed by atoms with Crippen LogP contribution in [0.3, 0.4) is 0 Å². The molecule has 0 unspecified atom stereocenters. The number of hydrogen-bond donors (Lipinski definition) is 1. The molecule has 0 amide bonds. The molecule has 0 saturated carbocycles. The molecule has 1 fully saturated rings. The van der Waals surface area contributed by atoms with Gasteiger partial charge in [0.05, 0.1) is 0 Å². The van der Waals surface area contributed by atoms with Crippen molar-refractivity contribution in [1.82, 2.24) is 0 Å². The molecule has 8 heteroatoms. The average Bonchev–Trinajstić information content (AvgIpc) is 2.17. The summed E-state index contributed by atoms with van der Waals surface area (Å²) in [6, 6.07) is 0. The Labute approximate surface area is 90.6 Å². The Kier molecular flexibility index (Phi) is 2.01. The van der Waals surface area contributed by atoms with E-state index in [1.54, 1.807) is 13.8 Å². The summed E-state index contributed by atoms with van der Waals surface area (Å²) in [5, 5.41) is 0.266. The molecule has 1 saturated heterocycles. The van der Waals surface area contributed by atoms with Gasteiger partial charge < -0.3 is 19.9 Å². The number of thioether (sulfide) groups is 1. The van der Waals surface area contributed by atoms with E-state index in [9.17, 15) is 9.59 Å². The topological polar surface area (TPSA) is 91.0 Å². The van der Waals surface area contributed by atoms with Gasteiger partial charge in [0.1, 0.15) is 11.6 Å².